The van der Waals surface area contributed by atoms with E-state index in [-0.39, 0.29) is 17.6 Å². The Labute approximate surface area is 244 Å². The Kier molecular flexibility index (Phi) is 8.78. The fourth-order valence-corrected chi connectivity index (χ4v) is 5.28. The molecule has 3 N–H and O–H groups in total. The van der Waals surface area contributed by atoms with E-state index in [4.69, 9.17) is 9.73 Å². The number of hydrogen-bond donors (Lipinski definition) is 3. The van der Waals surface area contributed by atoms with E-state index in [1.807, 2.05) is 43.3 Å². The van der Waals surface area contributed by atoms with Crippen LogP contribution in [-0.2, 0) is 9.53 Å². The van der Waals surface area contributed by atoms with Crippen molar-refractivity contribution in [3.05, 3.63) is 94.5 Å². The van der Waals surface area contributed by atoms with Gasteiger partial charge in [-0.1, -0.05) is 30.3 Å². The summed E-state index contributed by atoms with van der Waals surface area (Å²) in [5.41, 5.74) is 4.78. The first kappa shape index (κ1) is 28.8. The molecule has 42 heavy (non-hydrogen) atoms. The highest BCUT2D eigenvalue weighted by Gasteiger charge is 2.21. The zero-order valence-electron chi connectivity index (χ0n) is 23.8. The molecule has 2 heterocycles. The van der Waals surface area contributed by atoms with Crippen LogP contribution in [0.15, 0.2) is 71.7 Å². The molecule has 0 unspecified atom stereocenters. The summed E-state index contributed by atoms with van der Waals surface area (Å²) in [7, 11) is 1.33. The van der Waals surface area contributed by atoms with Gasteiger partial charge in [0.2, 0.25) is 5.91 Å². The van der Waals surface area contributed by atoms with Crippen molar-refractivity contribution in [2.75, 3.05) is 33.3 Å². The third-order valence-corrected chi connectivity index (χ3v) is 7.46. The molecule has 0 atom stereocenters. The second kappa shape index (κ2) is 12.8. The minimum absolute atomic E-state index is 0.0341. The number of methoxy groups -OCH3 is 1. The van der Waals surface area contributed by atoms with Gasteiger partial charge in [0.15, 0.2) is 11.7 Å². The maximum Gasteiger partial charge on any atom is 0.338 e. The van der Waals surface area contributed by atoms with Gasteiger partial charge in [0.1, 0.15) is 0 Å². The minimum Gasteiger partial charge on any atom is -0.494 e. The normalized spacial score (nSPS) is 14.4. The van der Waals surface area contributed by atoms with Crippen LogP contribution in [-0.4, -0.2) is 71.7 Å². The van der Waals surface area contributed by atoms with E-state index in [0.29, 0.717) is 77.0 Å². The van der Waals surface area contributed by atoms with Gasteiger partial charge in [-0.15, -0.1) is 0 Å². The molecule has 1 saturated heterocycles. The topological polar surface area (TPSA) is 124 Å². The number of benzene rings is 3. The van der Waals surface area contributed by atoms with Gasteiger partial charge >= 0.3 is 5.97 Å². The molecule has 5 rings (SSSR count). The number of aryl methyl sites for hydroxylation is 1. The minimum atomic E-state index is -0.453. The molecule has 1 amide bonds. The molecule has 0 bridgehead atoms. The second-order valence-corrected chi connectivity index (χ2v) is 10.4. The molecule has 0 spiro atoms. The van der Waals surface area contributed by atoms with E-state index in [1.165, 1.54) is 7.11 Å². The molecular weight excluding hydrogens is 532 g/mol. The number of hydrogen-bond acceptors (Lipinski definition) is 7. The standard InChI is InChI=1S/C33H34N4O5/c1-21-18-26-27(19-25(21)33(41)42-2)36-32(40)30(26)31(23-8-4-3-5-9-23)35-24-13-11-22(12-14-24)28(38)10-6-16-37-17-7-15-34-29(39)20-37/h3-5,8-9,11-14,18-19,36,40H,6-7,10,15-17,20H2,1-2H3,(H,34,39). The summed E-state index contributed by atoms with van der Waals surface area (Å²) in [5, 5.41) is 14.6. The number of ketones is 1. The maximum absolute atomic E-state index is 12.9. The number of ether oxygens (including phenoxy) is 1. The van der Waals surface area contributed by atoms with Crippen LogP contribution in [0, 0.1) is 6.92 Å². The van der Waals surface area contributed by atoms with Crippen molar-refractivity contribution in [3.63, 3.8) is 0 Å². The van der Waals surface area contributed by atoms with Crippen molar-refractivity contribution in [1.82, 2.24) is 15.2 Å². The first-order valence-corrected chi connectivity index (χ1v) is 14.0. The van der Waals surface area contributed by atoms with Crippen LogP contribution in [0.2, 0.25) is 0 Å². The summed E-state index contributed by atoms with van der Waals surface area (Å²) in [6, 6.07) is 20.2. The molecule has 9 heteroatoms. The number of amides is 1. The smallest absolute Gasteiger partial charge is 0.338 e. The average Bonchev–Trinajstić information content (AvgIpc) is 3.15. The molecular formula is C33H34N4O5. The number of rotatable bonds is 9. The van der Waals surface area contributed by atoms with Crippen LogP contribution in [0.5, 0.6) is 5.88 Å². The molecule has 216 valence electrons. The first-order valence-electron chi connectivity index (χ1n) is 14.0. The quantitative estimate of drug-likeness (QED) is 0.150. The molecule has 4 aromatic rings. The largest absolute Gasteiger partial charge is 0.494 e. The lowest BCUT2D eigenvalue weighted by Gasteiger charge is -2.17. The molecule has 0 radical (unpaired) electrons. The lowest BCUT2D eigenvalue weighted by Crippen LogP contribution is -2.33. The summed E-state index contributed by atoms with van der Waals surface area (Å²) >= 11 is 0. The van der Waals surface area contributed by atoms with Crippen molar-refractivity contribution < 1.29 is 24.2 Å². The molecule has 0 aliphatic carbocycles. The van der Waals surface area contributed by atoms with Gasteiger partial charge in [-0.25, -0.2) is 9.79 Å². The van der Waals surface area contributed by atoms with Gasteiger partial charge < -0.3 is 20.1 Å². The maximum atomic E-state index is 12.9. The van der Waals surface area contributed by atoms with Crippen LogP contribution < -0.4 is 5.32 Å². The van der Waals surface area contributed by atoms with Crippen molar-refractivity contribution in [2.45, 2.75) is 26.2 Å². The zero-order chi connectivity index (χ0) is 29.6. The van der Waals surface area contributed by atoms with Gasteiger partial charge in [0.25, 0.3) is 0 Å². The van der Waals surface area contributed by atoms with Crippen LogP contribution in [0.4, 0.5) is 5.69 Å². The number of aromatic amines is 1. The van der Waals surface area contributed by atoms with E-state index in [2.05, 4.69) is 15.2 Å². The van der Waals surface area contributed by atoms with Crippen molar-refractivity contribution in [1.29, 1.82) is 0 Å². The van der Waals surface area contributed by atoms with E-state index >= 15 is 0 Å². The van der Waals surface area contributed by atoms with Crippen LogP contribution in [0.25, 0.3) is 10.9 Å². The number of aliphatic imine (C=N–C) groups is 1. The molecule has 1 aliphatic rings. The Morgan fingerprint density at radius 3 is 2.55 bits per heavy atom. The van der Waals surface area contributed by atoms with Gasteiger partial charge in [0.05, 0.1) is 36.2 Å². The molecule has 3 aromatic carbocycles. The van der Waals surface area contributed by atoms with Gasteiger partial charge in [-0.2, -0.15) is 0 Å². The number of esters is 1. The lowest BCUT2D eigenvalue weighted by atomic mass is 9.98. The lowest BCUT2D eigenvalue weighted by molar-refractivity contribution is -0.121. The highest BCUT2D eigenvalue weighted by Crippen LogP contribution is 2.33. The number of aromatic nitrogens is 1. The molecule has 1 aromatic heterocycles. The number of Topliss-reactive ketones (excluding diaryl/α,β-unsaturated/α-hetero) is 1. The molecule has 1 aliphatic heterocycles. The van der Waals surface area contributed by atoms with Crippen LogP contribution in [0.1, 0.15) is 56.7 Å². The number of carbonyl (C=O) groups is 3. The number of aromatic hydroxyl groups is 1. The number of carbonyl (C=O) groups excluding carboxylic acids is 3. The predicted octanol–water partition coefficient (Wildman–Crippen LogP) is 4.92. The summed E-state index contributed by atoms with van der Waals surface area (Å²) in [4.78, 5) is 46.9. The predicted molar refractivity (Wildman–Crippen MR) is 162 cm³/mol. The van der Waals surface area contributed by atoms with E-state index in [1.54, 1.807) is 30.3 Å². The molecule has 0 saturated carbocycles. The monoisotopic (exact) mass is 566 g/mol. The Morgan fingerprint density at radius 1 is 1.05 bits per heavy atom. The summed E-state index contributed by atoms with van der Waals surface area (Å²) < 4.78 is 4.90. The second-order valence-electron chi connectivity index (χ2n) is 10.4. The molecule has 1 fully saturated rings. The Bertz CT molecular complexity index is 1640. The zero-order valence-corrected chi connectivity index (χ0v) is 23.8. The average molecular weight is 567 g/mol. The van der Waals surface area contributed by atoms with Crippen LogP contribution >= 0.6 is 0 Å². The highest BCUT2D eigenvalue weighted by atomic mass is 16.5. The number of nitrogens with one attached hydrogen (secondary N) is 2. The van der Waals surface area contributed by atoms with Gasteiger partial charge in [-0.05, 0) is 68.3 Å². The van der Waals surface area contributed by atoms with E-state index in [0.717, 1.165) is 18.5 Å². The first-order chi connectivity index (χ1) is 20.3. The number of H-pyrrole nitrogens is 1. The van der Waals surface area contributed by atoms with Crippen molar-refractivity contribution in [3.8, 4) is 5.88 Å². The fraction of sp³-hybridized carbons (Fsp3) is 0.273. The van der Waals surface area contributed by atoms with E-state index in [9.17, 15) is 19.5 Å². The van der Waals surface area contributed by atoms with Crippen molar-refractivity contribution >= 4 is 40.0 Å². The number of fused-ring (bicyclic) bond motifs is 1. The fourth-order valence-electron chi connectivity index (χ4n) is 5.28. The third-order valence-electron chi connectivity index (χ3n) is 7.46. The molecule has 9 nitrogen and oxygen atoms in total. The highest BCUT2D eigenvalue weighted by molar-refractivity contribution is 6.22. The summed E-state index contributed by atoms with van der Waals surface area (Å²) in [6.45, 7) is 4.45. The van der Waals surface area contributed by atoms with Gasteiger partial charge in [0, 0.05) is 41.5 Å². The van der Waals surface area contributed by atoms with Gasteiger partial charge in [-0.3, -0.25) is 14.5 Å². The Morgan fingerprint density at radius 2 is 1.81 bits per heavy atom. The summed E-state index contributed by atoms with van der Waals surface area (Å²) in [6.07, 6.45) is 1.99. The SMILES string of the molecule is COC(=O)c1cc2[nH]c(O)c(C(=Nc3ccc(C(=O)CCCN4CCCNC(=O)C4)cc3)c3ccccc3)c2cc1C. The Hall–Kier alpha value is -4.76. The third kappa shape index (κ3) is 6.42. The number of nitrogens with zero attached hydrogens (tertiary/aromatic N) is 2. The van der Waals surface area contributed by atoms with E-state index < -0.39 is 5.97 Å². The van der Waals surface area contributed by atoms with Crippen molar-refractivity contribution in [2.24, 2.45) is 4.99 Å². The summed E-state index contributed by atoms with van der Waals surface area (Å²) in [5.74, 6) is -0.445. The Balaban J connectivity index is 1.40. The van der Waals surface area contributed by atoms with Crippen LogP contribution in [0.3, 0.4) is 0 Å².